The van der Waals surface area contributed by atoms with Gasteiger partial charge in [0.25, 0.3) is 5.91 Å². The minimum absolute atomic E-state index is 0.0329. The Kier molecular flexibility index (Phi) is 8.88. The molecule has 2 heterocycles. The molecule has 194 valence electrons. The summed E-state index contributed by atoms with van der Waals surface area (Å²) < 4.78 is 13.7. The van der Waals surface area contributed by atoms with Crippen molar-refractivity contribution in [2.45, 2.75) is 52.6 Å². The van der Waals surface area contributed by atoms with Gasteiger partial charge in [0.1, 0.15) is 11.5 Å². The van der Waals surface area contributed by atoms with Crippen LogP contribution in [0.5, 0.6) is 0 Å². The van der Waals surface area contributed by atoms with E-state index in [1.807, 2.05) is 17.0 Å². The van der Waals surface area contributed by atoms with E-state index in [9.17, 15) is 9.18 Å². The van der Waals surface area contributed by atoms with Crippen LogP contribution in [0.2, 0.25) is 0 Å². The zero-order valence-electron chi connectivity index (χ0n) is 22.3. The first-order valence-electron chi connectivity index (χ1n) is 13.3. The summed E-state index contributed by atoms with van der Waals surface area (Å²) in [5.74, 6) is 0.469. The lowest BCUT2D eigenvalue weighted by atomic mass is 9.99. The molecule has 1 fully saturated rings. The Morgan fingerprint density at radius 2 is 1.81 bits per heavy atom. The summed E-state index contributed by atoms with van der Waals surface area (Å²) in [6.07, 6.45) is 6.55. The Bertz CT molecular complexity index is 1200. The number of carbonyl (C=O) groups excluding carboxylic acids is 1. The molecule has 5 heteroatoms. The molecule has 0 atom stereocenters. The largest absolute Gasteiger partial charge is 0.330 e. The van der Waals surface area contributed by atoms with Crippen molar-refractivity contribution in [2.24, 2.45) is 5.92 Å². The van der Waals surface area contributed by atoms with Gasteiger partial charge in [0, 0.05) is 31.9 Å². The predicted octanol–water partition coefficient (Wildman–Crippen LogP) is 6.99. The zero-order valence-corrected chi connectivity index (χ0v) is 22.3. The highest BCUT2D eigenvalue weighted by molar-refractivity contribution is 5.92. The fraction of sp³-hybridized carbons (Fsp3) is 0.375. The van der Waals surface area contributed by atoms with E-state index in [0.29, 0.717) is 23.7 Å². The molecule has 1 saturated heterocycles. The van der Waals surface area contributed by atoms with Gasteiger partial charge in [-0.1, -0.05) is 62.9 Å². The van der Waals surface area contributed by atoms with Crippen LogP contribution in [0.15, 0.2) is 67.4 Å². The van der Waals surface area contributed by atoms with E-state index < -0.39 is 0 Å². The lowest BCUT2D eigenvalue weighted by molar-refractivity contribution is 0.0540. The molecule has 1 amide bonds. The van der Waals surface area contributed by atoms with Crippen LogP contribution in [0.1, 0.15) is 60.3 Å². The van der Waals surface area contributed by atoms with E-state index in [-0.39, 0.29) is 17.8 Å². The van der Waals surface area contributed by atoms with Crippen molar-refractivity contribution in [2.75, 3.05) is 19.6 Å². The summed E-state index contributed by atoms with van der Waals surface area (Å²) >= 11 is 0. The van der Waals surface area contributed by atoms with Crippen LogP contribution in [0.4, 0.5) is 4.39 Å². The van der Waals surface area contributed by atoms with Crippen molar-refractivity contribution in [3.63, 3.8) is 0 Å². The topological polar surface area (TPSA) is 36.4 Å². The summed E-state index contributed by atoms with van der Waals surface area (Å²) in [5, 5.41) is 0. The van der Waals surface area contributed by atoms with E-state index in [1.54, 1.807) is 31.3 Å². The number of hydrogen-bond acceptors (Lipinski definition) is 3. The molecule has 1 aromatic heterocycles. The maximum Gasteiger partial charge on any atom is 0.272 e. The van der Waals surface area contributed by atoms with E-state index in [4.69, 9.17) is 0 Å². The third kappa shape index (κ3) is 6.92. The molecular formula is C32H38FN3O. The average molecular weight is 500 g/mol. The molecule has 0 unspecified atom stereocenters. The van der Waals surface area contributed by atoms with Crippen LogP contribution in [0.3, 0.4) is 0 Å². The predicted molar refractivity (Wildman–Crippen MR) is 150 cm³/mol. The van der Waals surface area contributed by atoms with Gasteiger partial charge in [-0.05, 0) is 84.7 Å². The quantitative estimate of drug-likeness (QED) is 0.318. The third-order valence-electron chi connectivity index (χ3n) is 7.32. The van der Waals surface area contributed by atoms with Crippen LogP contribution < -0.4 is 0 Å². The van der Waals surface area contributed by atoms with Gasteiger partial charge in [-0.2, -0.15) is 0 Å². The van der Waals surface area contributed by atoms with Gasteiger partial charge in [-0.3, -0.25) is 9.78 Å². The molecule has 37 heavy (non-hydrogen) atoms. The van der Waals surface area contributed by atoms with Crippen LogP contribution in [-0.4, -0.2) is 46.4 Å². The number of hydrogen-bond donors (Lipinski definition) is 0. The number of pyridine rings is 1. The van der Waals surface area contributed by atoms with Gasteiger partial charge in [0.05, 0.1) is 0 Å². The zero-order chi connectivity index (χ0) is 26.4. The minimum atomic E-state index is -0.195. The summed E-state index contributed by atoms with van der Waals surface area (Å²) in [6.45, 7) is 13.8. The summed E-state index contributed by atoms with van der Waals surface area (Å²) in [6, 6.07) is 17.3. The minimum Gasteiger partial charge on any atom is -0.330 e. The highest BCUT2D eigenvalue weighted by atomic mass is 19.1. The number of aromatic nitrogens is 1. The molecule has 4 rings (SSSR count). The van der Waals surface area contributed by atoms with Gasteiger partial charge in [0.15, 0.2) is 0 Å². The Morgan fingerprint density at radius 3 is 2.41 bits per heavy atom. The molecule has 0 saturated carbocycles. The van der Waals surface area contributed by atoms with Crippen molar-refractivity contribution in [1.29, 1.82) is 0 Å². The molecule has 2 aromatic carbocycles. The number of piperidine rings is 1. The summed E-state index contributed by atoms with van der Waals surface area (Å²) in [7, 11) is 0. The Hall–Kier alpha value is -3.31. The smallest absolute Gasteiger partial charge is 0.272 e. The second-order valence-corrected chi connectivity index (χ2v) is 10.5. The van der Waals surface area contributed by atoms with E-state index in [1.165, 1.54) is 12.5 Å². The average Bonchev–Trinajstić information content (AvgIpc) is 2.92. The van der Waals surface area contributed by atoms with Gasteiger partial charge in [-0.25, -0.2) is 4.39 Å². The van der Waals surface area contributed by atoms with E-state index in [2.05, 4.69) is 54.6 Å². The summed E-state index contributed by atoms with van der Waals surface area (Å²) in [4.78, 5) is 22.7. The third-order valence-corrected chi connectivity index (χ3v) is 7.32. The normalized spacial score (nSPS) is 14.6. The molecule has 0 N–H and O–H groups in total. The van der Waals surface area contributed by atoms with Crippen molar-refractivity contribution in [1.82, 2.24) is 14.8 Å². The monoisotopic (exact) mass is 499 g/mol. The molecule has 0 aliphatic carbocycles. The second kappa shape index (κ2) is 12.3. The molecule has 3 aromatic rings. The van der Waals surface area contributed by atoms with Crippen LogP contribution in [0.25, 0.3) is 17.2 Å². The highest BCUT2D eigenvalue weighted by Gasteiger charge is 2.29. The van der Waals surface area contributed by atoms with Gasteiger partial charge in [-0.15, -0.1) is 0 Å². The standard InChI is InChI=1S/C32H38FN3O/c1-5-25-8-13-31(34-21-25)32(37)36(29-15-18-35(19-16-29)17-14-23(2)3)22-26-6-9-27(10-7-26)28-11-12-30(33)24(4)20-28/h5-13,20-21,23,29H,1,14-19,22H2,2-4H3. The second-order valence-electron chi connectivity index (χ2n) is 10.5. The number of nitrogens with zero attached hydrogens (tertiary/aromatic N) is 3. The molecule has 0 spiro atoms. The van der Waals surface area contributed by atoms with Crippen molar-refractivity contribution in [3.8, 4) is 11.1 Å². The first-order valence-corrected chi connectivity index (χ1v) is 13.3. The first-order chi connectivity index (χ1) is 17.8. The lowest BCUT2D eigenvalue weighted by Gasteiger charge is -2.38. The van der Waals surface area contributed by atoms with Crippen LogP contribution in [-0.2, 0) is 6.54 Å². The number of likely N-dealkylation sites (tertiary alicyclic amines) is 1. The summed E-state index contributed by atoms with van der Waals surface area (Å²) in [5.41, 5.74) is 5.08. The van der Waals surface area contributed by atoms with Crippen molar-refractivity contribution < 1.29 is 9.18 Å². The Labute approximate surface area is 220 Å². The van der Waals surface area contributed by atoms with E-state index in [0.717, 1.165) is 54.7 Å². The van der Waals surface area contributed by atoms with Crippen molar-refractivity contribution >= 4 is 12.0 Å². The van der Waals surface area contributed by atoms with Gasteiger partial charge < -0.3 is 9.80 Å². The molecule has 4 nitrogen and oxygen atoms in total. The van der Waals surface area contributed by atoms with Gasteiger partial charge in [0.2, 0.25) is 0 Å². The number of benzene rings is 2. The number of aryl methyl sites for hydroxylation is 1. The molecule has 1 aliphatic heterocycles. The maximum atomic E-state index is 13.7. The number of amides is 1. The van der Waals surface area contributed by atoms with Gasteiger partial charge >= 0.3 is 0 Å². The molecule has 1 aliphatic rings. The fourth-order valence-electron chi connectivity index (χ4n) is 4.89. The SMILES string of the molecule is C=Cc1ccc(C(=O)N(Cc2ccc(-c3ccc(F)c(C)c3)cc2)C2CCN(CCC(C)C)CC2)nc1. The Morgan fingerprint density at radius 1 is 1.11 bits per heavy atom. The lowest BCUT2D eigenvalue weighted by Crippen LogP contribution is -2.47. The fourth-order valence-corrected chi connectivity index (χ4v) is 4.89. The van der Waals surface area contributed by atoms with E-state index >= 15 is 0 Å². The number of halogens is 1. The Balaban J connectivity index is 1.52. The van der Waals surface area contributed by atoms with Crippen LogP contribution >= 0.6 is 0 Å². The van der Waals surface area contributed by atoms with Crippen molar-refractivity contribution in [3.05, 3.63) is 95.6 Å². The van der Waals surface area contributed by atoms with Crippen LogP contribution in [0, 0.1) is 18.7 Å². The highest BCUT2D eigenvalue weighted by Crippen LogP contribution is 2.25. The number of rotatable bonds is 9. The molecule has 0 bridgehead atoms. The number of carbonyl (C=O) groups is 1. The molecule has 0 radical (unpaired) electrons. The first kappa shape index (κ1) is 26.7. The maximum absolute atomic E-state index is 13.7. The molecular weight excluding hydrogens is 461 g/mol.